The summed E-state index contributed by atoms with van der Waals surface area (Å²) in [4.78, 5) is 0. The third-order valence-corrected chi connectivity index (χ3v) is 3.13. The maximum absolute atomic E-state index is 10.8. The molecule has 0 heterocycles. The molecule has 4 N–H and O–H groups in total. The average molecular weight is 217 g/mol. The highest BCUT2D eigenvalue weighted by atomic mass is 32.2. The van der Waals surface area contributed by atoms with Crippen molar-refractivity contribution in [2.24, 2.45) is 0 Å². The van der Waals surface area contributed by atoms with E-state index in [4.69, 9.17) is 15.4 Å². The van der Waals surface area contributed by atoms with Gasteiger partial charge in [-0.05, 0) is 24.6 Å². The highest BCUT2D eigenvalue weighted by Gasteiger charge is 2.19. The van der Waals surface area contributed by atoms with Crippen molar-refractivity contribution >= 4 is 15.8 Å². The molecule has 0 bridgehead atoms. The highest BCUT2D eigenvalue weighted by molar-refractivity contribution is 7.86. The third-order valence-electron chi connectivity index (χ3n) is 1.97. The van der Waals surface area contributed by atoms with Crippen LogP contribution >= 0.6 is 0 Å². The standard InChI is InChI=1S/C8H11NO4S/c1-5(14(11,12)13)6-2-3-8(10)7(9)4-6/h2-5,10H,9H2,1H3,(H,11,12,13). The van der Waals surface area contributed by atoms with Gasteiger partial charge in [0.25, 0.3) is 10.1 Å². The second-order valence-electron chi connectivity index (χ2n) is 2.98. The van der Waals surface area contributed by atoms with Gasteiger partial charge in [-0.25, -0.2) is 0 Å². The number of aromatic hydroxyl groups is 1. The molecule has 0 aromatic heterocycles. The van der Waals surface area contributed by atoms with Crippen molar-refractivity contribution in [2.75, 3.05) is 5.73 Å². The number of hydrogen-bond donors (Lipinski definition) is 3. The highest BCUT2D eigenvalue weighted by Crippen LogP contribution is 2.27. The molecule has 0 amide bonds. The van der Waals surface area contributed by atoms with Gasteiger partial charge in [-0.15, -0.1) is 0 Å². The van der Waals surface area contributed by atoms with E-state index in [2.05, 4.69) is 0 Å². The molecule has 1 aromatic rings. The molecule has 0 aliphatic carbocycles. The van der Waals surface area contributed by atoms with Gasteiger partial charge >= 0.3 is 0 Å². The van der Waals surface area contributed by atoms with Crippen molar-refractivity contribution in [1.82, 2.24) is 0 Å². The first-order chi connectivity index (χ1) is 6.32. The smallest absolute Gasteiger partial charge is 0.271 e. The van der Waals surface area contributed by atoms with Gasteiger partial charge in [-0.2, -0.15) is 8.42 Å². The Morgan fingerprint density at radius 3 is 2.43 bits per heavy atom. The van der Waals surface area contributed by atoms with E-state index in [9.17, 15) is 8.42 Å². The lowest BCUT2D eigenvalue weighted by Gasteiger charge is -2.09. The number of phenols is 1. The van der Waals surface area contributed by atoms with Crippen LogP contribution in [0.25, 0.3) is 0 Å². The number of hydrogen-bond acceptors (Lipinski definition) is 4. The Labute approximate surface area is 81.9 Å². The molecule has 0 aliphatic rings. The first kappa shape index (κ1) is 10.8. The molecule has 1 rings (SSSR count). The molecule has 1 unspecified atom stereocenters. The summed E-state index contributed by atoms with van der Waals surface area (Å²) in [7, 11) is -4.12. The molecular formula is C8H11NO4S. The van der Waals surface area contributed by atoms with Crippen LogP contribution < -0.4 is 5.73 Å². The summed E-state index contributed by atoms with van der Waals surface area (Å²) in [6.07, 6.45) is 0. The second kappa shape index (κ2) is 3.47. The fourth-order valence-corrected chi connectivity index (χ4v) is 1.49. The minimum atomic E-state index is -4.12. The van der Waals surface area contributed by atoms with Crippen LogP contribution in [0.3, 0.4) is 0 Å². The summed E-state index contributed by atoms with van der Waals surface area (Å²) in [5, 5.41) is 8.04. The zero-order valence-corrected chi connectivity index (χ0v) is 8.32. The molecule has 0 spiro atoms. The lowest BCUT2D eigenvalue weighted by Crippen LogP contribution is -2.08. The molecule has 0 radical (unpaired) electrons. The molecule has 0 saturated heterocycles. The van der Waals surface area contributed by atoms with E-state index >= 15 is 0 Å². The van der Waals surface area contributed by atoms with Crippen molar-refractivity contribution in [2.45, 2.75) is 12.2 Å². The normalized spacial score (nSPS) is 13.9. The van der Waals surface area contributed by atoms with Crippen molar-refractivity contribution < 1.29 is 18.1 Å². The Bertz CT molecular complexity index is 441. The Kier molecular flexibility index (Phi) is 2.68. The fourth-order valence-electron chi connectivity index (χ4n) is 0.998. The van der Waals surface area contributed by atoms with E-state index in [1.54, 1.807) is 0 Å². The number of nitrogens with two attached hydrogens (primary N) is 1. The van der Waals surface area contributed by atoms with Crippen LogP contribution in [-0.4, -0.2) is 18.1 Å². The Balaban J connectivity index is 3.16. The summed E-state index contributed by atoms with van der Waals surface area (Å²) in [5.41, 5.74) is 5.79. The molecule has 0 saturated carbocycles. The molecule has 1 aromatic carbocycles. The SMILES string of the molecule is CC(c1ccc(O)c(N)c1)S(=O)(=O)O. The topological polar surface area (TPSA) is 101 Å². The van der Waals surface area contributed by atoms with Gasteiger partial charge in [0.2, 0.25) is 0 Å². The maximum atomic E-state index is 10.8. The first-order valence-electron chi connectivity index (χ1n) is 3.87. The number of rotatable bonds is 2. The Morgan fingerprint density at radius 2 is 2.00 bits per heavy atom. The Morgan fingerprint density at radius 1 is 1.43 bits per heavy atom. The molecule has 0 aliphatic heterocycles. The predicted octanol–water partition coefficient (Wildman–Crippen LogP) is 0.923. The minimum absolute atomic E-state index is 0.0815. The van der Waals surface area contributed by atoms with E-state index in [0.29, 0.717) is 5.56 Å². The van der Waals surface area contributed by atoms with Gasteiger partial charge in [-0.1, -0.05) is 6.07 Å². The predicted molar refractivity (Wildman–Crippen MR) is 52.5 cm³/mol. The van der Waals surface area contributed by atoms with Crippen LogP contribution in [0.5, 0.6) is 5.75 Å². The summed E-state index contributed by atoms with van der Waals surface area (Å²) in [5.74, 6) is -0.115. The van der Waals surface area contributed by atoms with Gasteiger partial charge in [0.15, 0.2) is 0 Å². The summed E-state index contributed by atoms with van der Waals surface area (Å²) < 4.78 is 30.3. The molecule has 1 atom stereocenters. The van der Waals surface area contributed by atoms with E-state index in [-0.39, 0.29) is 11.4 Å². The zero-order chi connectivity index (χ0) is 10.9. The van der Waals surface area contributed by atoms with Crippen LogP contribution in [0, 0.1) is 0 Å². The Hall–Kier alpha value is -1.27. The largest absolute Gasteiger partial charge is 0.506 e. The number of benzene rings is 1. The van der Waals surface area contributed by atoms with Gasteiger partial charge in [0.05, 0.1) is 5.69 Å². The molecular weight excluding hydrogens is 206 g/mol. The lowest BCUT2D eigenvalue weighted by atomic mass is 10.1. The molecule has 78 valence electrons. The van der Waals surface area contributed by atoms with Gasteiger partial charge in [0.1, 0.15) is 11.0 Å². The van der Waals surface area contributed by atoms with Crippen molar-refractivity contribution in [3.8, 4) is 5.75 Å². The van der Waals surface area contributed by atoms with Crippen molar-refractivity contribution in [3.05, 3.63) is 23.8 Å². The van der Waals surface area contributed by atoms with Gasteiger partial charge < -0.3 is 10.8 Å². The summed E-state index contributed by atoms with van der Waals surface area (Å²) in [6, 6.07) is 3.99. The zero-order valence-electron chi connectivity index (χ0n) is 7.51. The van der Waals surface area contributed by atoms with Gasteiger partial charge in [-0.3, -0.25) is 4.55 Å². The van der Waals surface area contributed by atoms with Crippen LogP contribution in [0.4, 0.5) is 5.69 Å². The average Bonchev–Trinajstić information content (AvgIpc) is 2.07. The fraction of sp³-hybridized carbons (Fsp3) is 0.250. The molecule has 0 fully saturated rings. The summed E-state index contributed by atoms with van der Waals surface area (Å²) in [6.45, 7) is 1.33. The molecule has 6 heteroatoms. The number of anilines is 1. The van der Waals surface area contributed by atoms with Crippen LogP contribution in [0.2, 0.25) is 0 Å². The number of nitrogen functional groups attached to an aromatic ring is 1. The summed E-state index contributed by atoms with van der Waals surface area (Å²) >= 11 is 0. The van der Waals surface area contributed by atoms with E-state index < -0.39 is 15.4 Å². The second-order valence-corrected chi connectivity index (χ2v) is 4.71. The molecule has 5 nitrogen and oxygen atoms in total. The minimum Gasteiger partial charge on any atom is -0.506 e. The monoisotopic (exact) mass is 217 g/mol. The van der Waals surface area contributed by atoms with Crippen molar-refractivity contribution in [1.29, 1.82) is 0 Å². The quantitative estimate of drug-likeness (QED) is 0.388. The first-order valence-corrected chi connectivity index (χ1v) is 5.37. The van der Waals surface area contributed by atoms with Crippen LogP contribution in [0.15, 0.2) is 18.2 Å². The lowest BCUT2D eigenvalue weighted by molar-refractivity contribution is 0.470. The van der Waals surface area contributed by atoms with E-state index in [0.717, 1.165) is 0 Å². The third kappa shape index (κ3) is 2.15. The maximum Gasteiger partial charge on any atom is 0.271 e. The van der Waals surface area contributed by atoms with Crippen LogP contribution in [-0.2, 0) is 10.1 Å². The van der Waals surface area contributed by atoms with E-state index in [1.165, 1.54) is 25.1 Å². The number of phenolic OH excluding ortho intramolecular Hbond substituents is 1. The van der Waals surface area contributed by atoms with Crippen molar-refractivity contribution in [3.63, 3.8) is 0 Å². The molecule has 14 heavy (non-hydrogen) atoms. The van der Waals surface area contributed by atoms with Gasteiger partial charge in [0, 0.05) is 0 Å². The van der Waals surface area contributed by atoms with E-state index in [1.807, 2.05) is 0 Å². The van der Waals surface area contributed by atoms with Crippen LogP contribution in [0.1, 0.15) is 17.7 Å².